The van der Waals surface area contributed by atoms with E-state index in [1.165, 1.54) is 6.20 Å². The lowest BCUT2D eigenvalue weighted by molar-refractivity contribution is 0.102. The van der Waals surface area contributed by atoms with Crippen molar-refractivity contribution in [3.8, 4) is 11.6 Å². The van der Waals surface area contributed by atoms with Crippen LogP contribution < -0.4 is 10.1 Å². The first-order valence-electron chi connectivity index (χ1n) is 6.31. The number of rotatable bonds is 4. The molecule has 2 heterocycles. The van der Waals surface area contributed by atoms with Crippen molar-refractivity contribution >= 4 is 11.6 Å². The van der Waals surface area contributed by atoms with Crippen LogP contribution in [0.5, 0.6) is 11.6 Å². The predicted octanol–water partition coefficient (Wildman–Crippen LogP) is 2.49. The van der Waals surface area contributed by atoms with Crippen LogP contribution in [0.15, 0.2) is 42.6 Å². The molecule has 3 N–H and O–H groups in total. The van der Waals surface area contributed by atoms with E-state index in [9.17, 15) is 4.79 Å². The summed E-state index contributed by atoms with van der Waals surface area (Å²) in [6, 6.07) is 10.4. The Morgan fingerprint density at radius 1 is 1.19 bits per heavy atom. The number of aryl methyl sites for hydroxylation is 1. The molecular formula is C14H13N5O2. The minimum absolute atomic E-state index is 0.246. The number of H-pyrrole nitrogens is 2. The van der Waals surface area contributed by atoms with Crippen molar-refractivity contribution in [2.24, 2.45) is 0 Å². The van der Waals surface area contributed by atoms with Gasteiger partial charge in [-0.05, 0) is 37.3 Å². The van der Waals surface area contributed by atoms with Crippen LogP contribution in [0.2, 0.25) is 0 Å². The monoisotopic (exact) mass is 283 g/mol. The molecule has 3 aromatic rings. The third-order valence-electron chi connectivity index (χ3n) is 2.76. The van der Waals surface area contributed by atoms with Crippen LogP contribution >= 0.6 is 0 Å². The number of nitrogens with zero attached hydrogens (tertiary/aromatic N) is 2. The number of carbonyl (C=O) groups is 1. The van der Waals surface area contributed by atoms with Gasteiger partial charge in [0.1, 0.15) is 11.4 Å². The number of benzene rings is 1. The fraction of sp³-hybridized carbons (Fsp3) is 0.0714. The van der Waals surface area contributed by atoms with Crippen molar-refractivity contribution in [3.05, 3.63) is 54.0 Å². The quantitative estimate of drug-likeness (QED) is 0.685. The van der Waals surface area contributed by atoms with Crippen molar-refractivity contribution < 1.29 is 9.53 Å². The fourth-order valence-electron chi connectivity index (χ4n) is 1.75. The predicted molar refractivity (Wildman–Crippen MR) is 76.4 cm³/mol. The zero-order valence-electron chi connectivity index (χ0n) is 11.3. The Balaban J connectivity index is 1.65. The number of aromatic amines is 2. The number of aromatic nitrogens is 4. The molecule has 0 saturated heterocycles. The van der Waals surface area contributed by atoms with Crippen LogP contribution in [-0.4, -0.2) is 26.3 Å². The van der Waals surface area contributed by atoms with E-state index in [-0.39, 0.29) is 5.91 Å². The van der Waals surface area contributed by atoms with Crippen LogP contribution in [0.3, 0.4) is 0 Å². The molecule has 0 spiro atoms. The molecule has 0 bridgehead atoms. The number of nitrogens with one attached hydrogen (secondary N) is 3. The Morgan fingerprint density at radius 3 is 2.62 bits per heavy atom. The lowest BCUT2D eigenvalue weighted by Gasteiger charge is -2.05. The van der Waals surface area contributed by atoms with E-state index in [1.54, 1.807) is 36.4 Å². The van der Waals surface area contributed by atoms with Gasteiger partial charge in [-0.3, -0.25) is 15.0 Å². The summed E-state index contributed by atoms with van der Waals surface area (Å²) in [5.74, 6) is 0.895. The van der Waals surface area contributed by atoms with Gasteiger partial charge >= 0.3 is 0 Å². The highest BCUT2D eigenvalue weighted by Gasteiger charge is 2.07. The third kappa shape index (κ3) is 3.08. The summed E-state index contributed by atoms with van der Waals surface area (Å²) in [5, 5.41) is 15.9. The van der Waals surface area contributed by atoms with E-state index < -0.39 is 0 Å². The molecule has 0 aliphatic carbocycles. The largest absolute Gasteiger partial charge is 0.438 e. The first-order valence-corrected chi connectivity index (χ1v) is 6.31. The highest BCUT2D eigenvalue weighted by molar-refractivity contribution is 6.02. The normalized spacial score (nSPS) is 10.3. The molecule has 1 amide bonds. The number of carbonyl (C=O) groups excluding carboxylic acids is 1. The van der Waals surface area contributed by atoms with Gasteiger partial charge in [0, 0.05) is 23.6 Å². The van der Waals surface area contributed by atoms with Crippen molar-refractivity contribution in [3.63, 3.8) is 0 Å². The van der Waals surface area contributed by atoms with Gasteiger partial charge in [-0.15, -0.1) is 5.10 Å². The second-order valence-electron chi connectivity index (χ2n) is 4.44. The van der Waals surface area contributed by atoms with Crippen LogP contribution in [-0.2, 0) is 0 Å². The summed E-state index contributed by atoms with van der Waals surface area (Å²) < 4.78 is 5.56. The van der Waals surface area contributed by atoms with Crippen molar-refractivity contribution in [1.82, 2.24) is 20.4 Å². The second-order valence-corrected chi connectivity index (χ2v) is 4.44. The zero-order chi connectivity index (χ0) is 14.7. The summed E-state index contributed by atoms with van der Waals surface area (Å²) in [4.78, 5) is 11.8. The smallest absolute Gasteiger partial charge is 0.273 e. The number of hydrogen-bond acceptors (Lipinski definition) is 4. The van der Waals surface area contributed by atoms with E-state index in [4.69, 9.17) is 4.74 Å². The molecule has 0 aliphatic heterocycles. The third-order valence-corrected chi connectivity index (χ3v) is 2.76. The van der Waals surface area contributed by atoms with Gasteiger partial charge in [-0.1, -0.05) is 0 Å². The zero-order valence-corrected chi connectivity index (χ0v) is 11.3. The van der Waals surface area contributed by atoms with E-state index in [0.717, 1.165) is 5.69 Å². The van der Waals surface area contributed by atoms with Gasteiger partial charge in [-0.25, -0.2) is 0 Å². The molecule has 0 saturated carbocycles. The molecule has 7 heteroatoms. The minimum Gasteiger partial charge on any atom is -0.438 e. The van der Waals surface area contributed by atoms with Gasteiger partial charge in [0.2, 0.25) is 5.88 Å². The number of anilines is 1. The molecule has 1 aromatic carbocycles. The summed E-state index contributed by atoms with van der Waals surface area (Å²) in [7, 11) is 0. The van der Waals surface area contributed by atoms with Gasteiger partial charge in [0.15, 0.2) is 0 Å². The molecule has 0 aliphatic rings. The maximum Gasteiger partial charge on any atom is 0.273 e. The molecule has 0 unspecified atom stereocenters. The highest BCUT2D eigenvalue weighted by Crippen LogP contribution is 2.21. The van der Waals surface area contributed by atoms with Gasteiger partial charge in [0.25, 0.3) is 5.91 Å². The van der Waals surface area contributed by atoms with E-state index in [2.05, 4.69) is 25.7 Å². The molecule has 21 heavy (non-hydrogen) atoms. The summed E-state index contributed by atoms with van der Waals surface area (Å²) in [5.41, 5.74) is 2.00. The maximum absolute atomic E-state index is 11.8. The van der Waals surface area contributed by atoms with Crippen LogP contribution in [0.4, 0.5) is 5.69 Å². The van der Waals surface area contributed by atoms with Gasteiger partial charge in [0.05, 0.1) is 0 Å². The highest BCUT2D eigenvalue weighted by atomic mass is 16.5. The van der Waals surface area contributed by atoms with Gasteiger partial charge < -0.3 is 10.1 Å². The Labute approximate surface area is 120 Å². The number of ether oxygens (including phenoxy) is 1. The second kappa shape index (κ2) is 5.49. The number of hydrogen-bond donors (Lipinski definition) is 3. The molecule has 0 radical (unpaired) electrons. The van der Waals surface area contributed by atoms with E-state index in [0.29, 0.717) is 23.0 Å². The maximum atomic E-state index is 11.8. The topological polar surface area (TPSA) is 95.7 Å². The van der Waals surface area contributed by atoms with Crippen molar-refractivity contribution in [2.45, 2.75) is 6.92 Å². The fourth-order valence-corrected chi connectivity index (χ4v) is 1.75. The lowest BCUT2D eigenvalue weighted by Crippen LogP contribution is -2.12. The first kappa shape index (κ1) is 12.9. The molecule has 0 atom stereocenters. The first-order chi connectivity index (χ1) is 10.2. The Bertz CT molecular complexity index is 731. The van der Waals surface area contributed by atoms with Crippen LogP contribution in [0.25, 0.3) is 0 Å². The Hall–Kier alpha value is -3.09. The van der Waals surface area contributed by atoms with E-state index in [1.807, 2.05) is 6.92 Å². The molecule has 106 valence electrons. The number of amides is 1. The molecule has 7 nitrogen and oxygen atoms in total. The summed E-state index contributed by atoms with van der Waals surface area (Å²) >= 11 is 0. The van der Waals surface area contributed by atoms with Crippen LogP contribution in [0, 0.1) is 6.92 Å². The molecule has 0 fully saturated rings. The van der Waals surface area contributed by atoms with Crippen molar-refractivity contribution in [2.75, 3.05) is 5.32 Å². The summed E-state index contributed by atoms with van der Waals surface area (Å²) in [6.45, 7) is 1.90. The lowest BCUT2D eigenvalue weighted by atomic mass is 10.3. The van der Waals surface area contributed by atoms with Crippen LogP contribution in [0.1, 0.15) is 16.2 Å². The summed E-state index contributed by atoms with van der Waals surface area (Å²) in [6.07, 6.45) is 1.53. The Kier molecular flexibility index (Phi) is 3.38. The Morgan fingerprint density at radius 2 is 2.00 bits per heavy atom. The molecule has 2 aromatic heterocycles. The molecule has 3 rings (SSSR count). The minimum atomic E-state index is -0.246. The SMILES string of the molecule is Cc1cc(Oc2ccc(NC(=O)c3ccn[nH]3)cc2)n[nH]1. The molecular weight excluding hydrogens is 270 g/mol. The standard InChI is InChI=1S/C14H13N5O2/c1-9-8-13(19-17-9)21-11-4-2-10(3-5-11)16-14(20)12-6-7-15-18-12/h2-8H,1H3,(H,15,18)(H,16,20)(H,17,19). The van der Waals surface area contributed by atoms with E-state index >= 15 is 0 Å². The van der Waals surface area contributed by atoms with Crippen molar-refractivity contribution in [1.29, 1.82) is 0 Å². The average Bonchev–Trinajstić information content (AvgIpc) is 3.13. The average molecular weight is 283 g/mol. The van der Waals surface area contributed by atoms with Gasteiger partial charge in [-0.2, -0.15) is 5.10 Å².